The Bertz CT molecular complexity index is 1500. The number of amides is 1. The average Bonchev–Trinajstić information content (AvgIpc) is 3.37. The number of benzene rings is 3. The highest BCUT2D eigenvalue weighted by Gasteiger charge is 2.31. The van der Waals surface area contributed by atoms with Gasteiger partial charge in [0.1, 0.15) is 11.3 Å². The molecule has 3 aromatic carbocycles. The molecular weight excluding hydrogens is 502 g/mol. The molecule has 0 unspecified atom stereocenters. The number of rotatable bonds is 9. The fourth-order valence-corrected chi connectivity index (χ4v) is 3.87. The second-order valence-electron chi connectivity index (χ2n) is 8.37. The largest absolute Gasteiger partial charge is 0.493 e. The van der Waals surface area contributed by atoms with Crippen LogP contribution in [0.1, 0.15) is 26.4 Å². The molecular formula is C29H27N3O7. The van der Waals surface area contributed by atoms with Crippen molar-refractivity contribution < 1.29 is 33.3 Å². The van der Waals surface area contributed by atoms with E-state index < -0.39 is 11.9 Å². The number of aromatic nitrogens is 2. The summed E-state index contributed by atoms with van der Waals surface area (Å²) >= 11 is 0. The molecule has 0 aliphatic carbocycles. The first-order valence-corrected chi connectivity index (χ1v) is 11.9. The van der Waals surface area contributed by atoms with Crippen molar-refractivity contribution in [3.05, 3.63) is 89.6 Å². The van der Waals surface area contributed by atoms with Crippen molar-refractivity contribution in [3.63, 3.8) is 0 Å². The van der Waals surface area contributed by atoms with Gasteiger partial charge in [0.2, 0.25) is 0 Å². The fourth-order valence-electron chi connectivity index (χ4n) is 3.87. The number of esters is 2. The van der Waals surface area contributed by atoms with Gasteiger partial charge in [-0.2, -0.15) is 5.10 Å². The third kappa shape index (κ3) is 5.90. The summed E-state index contributed by atoms with van der Waals surface area (Å²) in [5.74, 6) is -1.28. The van der Waals surface area contributed by atoms with Crippen LogP contribution in [0, 0.1) is 6.92 Å². The van der Waals surface area contributed by atoms with Crippen LogP contribution in [-0.2, 0) is 14.3 Å². The lowest BCUT2D eigenvalue weighted by Gasteiger charge is -2.12. The zero-order valence-corrected chi connectivity index (χ0v) is 21.9. The number of aryl methyl sites for hydroxylation is 1. The molecule has 10 heteroatoms. The van der Waals surface area contributed by atoms with Crippen molar-refractivity contribution in [1.82, 2.24) is 9.78 Å². The number of carbonyl (C=O) groups is 3. The van der Waals surface area contributed by atoms with Gasteiger partial charge >= 0.3 is 11.9 Å². The van der Waals surface area contributed by atoms with Gasteiger partial charge in [0.25, 0.3) is 5.91 Å². The Morgan fingerprint density at radius 3 is 2.18 bits per heavy atom. The molecule has 0 atom stereocenters. The third-order valence-corrected chi connectivity index (χ3v) is 5.79. The number of nitrogens with one attached hydrogen (secondary N) is 1. The van der Waals surface area contributed by atoms with Crippen LogP contribution in [0.5, 0.6) is 11.5 Å². The molecule has 4 rings (SSSR count). The quantitative estimate of drug-likeness (QED) is 0.316. The third-order valence-electron chi connectivity index (χ3n) is 5.79. The van der Waals surface area contributed by atoms with Crippen molar-refractivity contribution in [2.75, 3.05) is 33.3 Å². The molecule has 200 valence electrons. The van der Waals surface area contributed by atoms with Gasteiger partial charge in [-0.3, -0.25) is 4.79 Å². The molecule has 0 saturated heterocycles. The van der Waals surface area contributed by atoms with Crippen molar-refractivity contribution in [2.45, 2.75) is 6.92 Å². The van der Waals surface area contributed by atoms with Gasteiger partial charge in [-0.1, -0.05) is 35.9 Å². The van der Waals surface area contributed by atoms with E-state index in [9.17, 15) is 14.4 Å². The van der Waals surface area contributed by atoms with Gasteiger partial charge < -0.3 is 24.3 Å². The summed E-state index contributed by atoms with van der Waals surface area (Å²) in [5.41, 5.74) is 2.75. The molecule has 4 aromatic rings. The summed E-state index contributed by atoms with van der Waals surface area (Å²) in [7, 11) is 3.88. The lowest BCUT2D eigenvalue weighted by atomic mass is 10.0. The predicted octanol–water partition coefficient (Wildman–Crippen LogP) is 4.45. The normalized spacial score (nSPS) is 10.5. The van der Waals surface area contributed by atoms with Gasteiger partial charge in [-0.15, -0.1) is 0 Å². The Hall–Kier alpha value is -5.12. The number of hydrogen-bond acceptors (Lipinski definition) is 8. The predicted molar refractivity (Wildman–Crippen MR) is 144 cm³/mol. The number of ether oxygens (including phenoxy) is 4. The first kappa shape index (κ1) is 26.9. The van der Waals surface area contributed by atoms with Crippen molar-refractivity contribution >= 4 is 23.5 Å². The molecule has 0 bridgehead atoms. The van der Waals surface area contributed by atoms with E-state index >= 15 is 0 Å². The van der Waals surface area contributed by atoms with E-state index in [0.717, 1.165) is 5.56 Å². The molecule has 0 saturated carbocycles. The Morgan fingerprint density at radius 2 is 1.54 bits per heavy atom. The maximum absolute atomic E-state index is 12.9. The molecule has 10 nitrogen and oxygen atoms in total. The molecule has 0 fully saturated rings. The van der Waals surface area contributed by atoms with Crippen LogP contribution in [0.2, 0.25) is 0 Å². The average molecular weight is 530 g/mol. The van der Waals surface area contributed by atoms with Crippen LogP contribution in [0.15, 0.2) is 72.8 Å². The van der Waals surface area contributed by atoms with Crippen molar-refractivity contribution in [2.24, 2.45) is 0 Å². The van der Waals surface area contributed by atoms with Crippen LogP contribution in [0.4, 0.5) is 5.69 Å². The number of anilines is 1. The Balaban J connectivity index is 1.68. The highest BCUT2D eigenvalue weighted by atomic mass is 16.5. The molecule has 1 heterocycles. The smallest absolute Gasteiger partial charge is 0.357 e. The molecule has 1 aromatic heterocycles. The number of hydrogen-bond donors (Lipinski definition) is 1. The summed E-state index contributed by atoms with van der Waals surface area (Å²) in [6.45, 7) is 1.70. The minimum atomic E-state index is -0.764. The molecule has 39 heavy (non-hydrogen) atoms. The van der Waals surface area contributed by atoms with Gasteiger partial charge in [-0.25, -0.2) is 14.3 Å². The Kier molecular flexibility index (Phi) is 8.25. The van der Waals surface area contributed by atoms with Gasteiger partial charge in [-0.05, 0) is 49.4 Å². The van der Waals surface area contributed by atoms with E-state index in [1.54, 1.807) is 54.6 Å². The molecule has 1 N–H and O–H groups in total. The van der Waals surface area contributed by atoms with Crippen LogP contribution in [-0.4, -0.2) is 55.6 Å². The molecule has 0 aliphatic rings. The monoisotopic (exact) mass is 529 g/mol. The SMILES string of the molecule is COC(=O)c1c(-c2ccc(OCC(=O)Nc3ccc(C)cc3)c(OC)c2)nn(-c2ccccc2)c1C(=O)OC. The first-order chi connectivity index (χ1) is 18.9. The van der Waals surface area contributed by atoms with E-state index in [1.807, 2.05) is 25.1 Å². The first-order valence-electron chi connectivity index (χ1n) is 11.9. The van der Waals surface area contributed by atoms with E-state index in [4.69, 9.17) is 18.9 Å². The van der Waals surface area contributed by atoms with Gasteiger partial charge in [0, 0.05) is 11.3 Å². The summed E-state index contributed by atoms with van der Waals surface area (Å²) in [6, 6.07) is 21.1. The second kappa shape index (κ2) is 12.0. The maximum Gasteiger partial charge on any atom is 0.357 e. The van der Waals surface area contributed by atoms with Crippen LogP contribution in [0.25, 0.3) is 16.9 Å². The van der Waals surface area contributed by atoms with Crippen LogP contribution < -0.4 is 14.8 Å². The molecule has 1 amide bonds. The van der Waals surface area contributed by atoms with E-state index in [-0.39, 0.29) is 29.5 Å². The zero-order valence-electron chi connectivity index (χ0n) is 21.9. The lowest BCUT2D eigenvalue weighted by molar-refractivity contribution is -0.118. The number of methoxy groups -OCH3 is 3. The van der Waals surface area contributed by atoms with Crippen molar-refractivity contribution in [3.8, 4) is 28.4 Å². The minimum Gasteiger partial charge on any atom is -0.493 e. The maximum atomic E-state index is 12.9. The summed E-state index contributed by atoms with van der Waals surface area (Å²) in [4.78, 5) is 38.1. The summed E-state index contributed by atoms with van der Waals surface area (Å²) in [5, 5.41) is 7.34. The topological polar surface area (TPSA) is 118 Å². The zero-order chi connectivity index (χ0) is 27.9. The van der Waals surface area contributed by atoms with Crippen molar-refractivity contribution in [1.29, 1.82) is 0 Å². The lowest BCUT2D eigenvalue weighted by Crippen LogP contribution is -2.20. The second-order valence-corrected chi connectivity index (χ2v) is 8.37. The van der Waals surface area contributed by atoms with E-state index in [2.05, 4.69) is 10.4 Å². The number of para-hydroxylation sites is 1. The Labute approximate surface area is 225 Å². The standard InChI is InChI=1S/C29H27N3O7/c1-18-10-13-20(14-11-18)30-24(33)17-39-22-15-12-19(16-23(22)36-2)26-25(28(34)37-3)27(29(35)38-4)32(31-26)21-8-6-5-7-9-21/h5-16H,17H2,1-4H3,(H,30,33). The van der Waals surface area contributed by atoms with Gasteiger partial charge in [0.15, 0.2) is 23.8 Å². The number of nitrogens with zero attached hydrogens (tertiary/aromatic N) is 2. The molecule has 0 radical (unpaired) electrons. The number of carbonyl (C=O) groups excluding carboxylic acids is 3. The highest BCUT2D eigenvalue weighted by molar-refractivity contribution is 6.07. The summed E-state index contributed by atoms with van der Waals surface area (Å²) in [6.07, 6.45) is 0. The van der Waals surface area contributed by atoms with Crippen LogP contribution in [0.3, 0.4) is 0 Å². The fraction of sp³-hybridized carbons (Fsp3) is 0.172. The van der Waals surface area contributed by atoms with E-state index in [0.29, 0.717) is 28.4 Å². The Morgan fingerprint density at radius 1 is 0.846 bits per heavy atom. The summed E-state index contributed by atoms with van der Waals surface area (Å²) < 4.78 is 22.5. The molecule has 0 aliphatic heterocycles. The van der Waals surface area contributed by atoms with E-state index in [1.165, 1.54) is 26.0 Å². The van der Waals surface area contributed by atoms with Gasteiger partial charge in [0.05, 0.1) is 27.0 Å². The minimum absolute atomic E-state index is 0.0681. The van der Waals surface area contributed by atoms with Crippen LogP contribution >= 0.6 is 0 Å². The molecule has 0 spiro atoms. The highest BCUT2D eigenvalue weighted by Crippen LogP contribution is 2.35.